The van der Waals surface area contributed by atoms with Crippen LogP contribution in [-0.2, 0) is 16.4 Å². The smallest absolute Gasteiger partial charge is 0.416 e. The van der Waals surface area contributed by atoms with Crippen molar-refractivity contribution in [3.63, 3.8) is 0 Å². The summed E-state index contributed by atoms with van der Waals surface area (Å²) in [7, 11) is 0. The van der Waals surface area contributed by atoms with E-state index in [0.29, 0.717) is 61.9 Å². The van der Waals surface area contributed by atoms with Crippen LogP contribution in [0.2, 0.25) is 0 Å². The van der Waals surface area contributed by atoms with Gasteiger partial charge in [0.2, 0.25) is 11.8 Å². The molecule has 1 aliphatic rings. The highest BCUT2D eigenvalue weighted by Crippen LogP contribution is 2.40. The van der Waals surface area contributed by atoms with Gasteiger partial charge in [0.1, 0.15) is 6.07 Å². The van der Waals surface area contributed by atoms with E-state index in [2.05, 4.69) is 15.3 Å². The Morgan fingerprint density at radius 1 is 1.23 bits per heavy atom. The standard InChI is InChI=1S/C29H31F3N6O2/c1-3-40-26-23(5-4-12-35-26)24-8-6-22(18-36-24)28(27(39)37-17-19(2)34)10-13-38(14-11-28)25-9-7-21(29(30,31)32)15-20(25)16-33/h4-9,12,15,18-19H,3,10-11,13-14,17,34H2,1-2H3,(H,37,39)/t19-/m0/s1. The second kappa shape index (κ2) is 11.9. The Bertz CT molecular complexity index is 1380. The Morgan fingerprint density at radius 2 is 1.98 bits per heavy atom. The van der Waals surface area contributed by atoms with Crippen molar-refractivity contribution < 1.29 is 22.7 Å². The number of nitrogens with two attached hydrogens (primary N) is 1. The molecule has 1 amide bonds. The summed E-state index contributed by atoms with van der Waals surface area (Å²) in [5, 5.41) is 12.5. The van der Waals surface area contributed by atoms with Gasteiger partial charge in [-0.3, -0.25) is 9.78 Å². The Balaban J connectivity index is 1.63. The highest BCUT2D eigenvalue weighted by molar-refractivity contribution is 5.89. The molecule has 0 spiro atoms. The molecule has 40 heavy (non-hydrogen) atoms. The highest BCUT2D eigenvalue weighted by atomic mass is 19.4. The molecule has 4 rings (SSSR count). The van der Waals surface area contributed by atoms with E-state index in [4.69, 9.17) is 10.5 Å². The number of nitrogens with zero attached hydrogens (tertiary/aromatic N) is 4. The summed E-state index contributed by atoms with van der Waals surface area (Å²) in [4.78, 5) is 24.4. The van der Waals surface area contributed by atoms with E-state index in [1.54, 1.807) is 25.4 Å². The van der Waals surface area contributed by atoms with Gasteiger partial charge in [-0.2, -0.15) is 18.4 Å². The number of rotatable bonds is 8. The van der Waals surface area contributed by atoms with Crippen LogP contribution < -0.4 is 20.7 Å². The molecule has 0 radical (unpaired) electrons. The number of carbonyl (C=O) groups is 1. The Morgan fingerprint density at radius 3 is 2.58 bits per heavy atom. The van der Waals surface area contributed by atoms with Gasteiger partial charge < -0.3 is 20.7 Å². The number of hydrogen-bond acceptors (Lipinski definition) is 7. The maximum absolute atomic E-state index is 13.6. The molecule has 1 atom stereocenters. The SMILES string of the molecule is CCOc1ncccc1-c1ccc(C2(C(=O)NC[C@H](C)N)CCN(c3ccc(C(F)(F)F)cc3C#N)CC2)cn1. The van der Waals surface area contributed by atoms with Crippen molar-refractivity contribution in [1.29, 1.82) is 5.26 Å². The second-order valence-electron chi connectivity index (χ2n) is 9.82. The number of pyridine rings is 2. The quantitative estimate of drug-likeness (QED) is 0.425. The molecule has 1 aromatic carbocycles. The molecule has 3 N–H and O–H groups in total. The number of nitriles is 1. The van der Waals surface area contributed by atoms with E-state index in [1.165, 1.54) is 6.07 Å². The van der Waals surface area contributed by atoms with E-state index in [1.807, 2.05) is 36.1 Å². The average Bonchev–Trinajstić information content (AvgIpc) is 2.95. The number of halogens is 3. The average molecular weight is 553 g/mol. The van der Waals surface area contributed by atoms with Gasteiger partial charge in [0.25, 0.3) is 0 Å². The number of aromatic nitrogens is 2. The fraction of sp³-hybridized carbons (Fsp3) is 0.379. The van der Waals surface area contributed by atoms with Crippen LogP contribution in [0.25, 0.3) is 11.3 Å². The molecule has 0 unspecified atom stereocenters. The summed E-state index contributed by atoms with van der Waals surface area (Å²) >= 11 is 0. The monoisotopic (exact) mass is 552 g/mol. The third kappa shape index (κ3) is 6.02. The van der Waals surface area contributed by atoms with Crippen LogP contribution in [0.5, 0.6) is 5.88 Å². The van der Waals surface area contributed by atoms with Gasteiger partial charge in [0, 0.05) is 38.1 Å². The Hall–Kier alpha value is -4.17. The van der Waals surface area contributed by atoms with Crippen molar-refractivity contribution in [3.8, 4) is 23.2 Å². The fourth-order valence-electron chi connectivity index (χ4n) is 4.95. The molecular weight excluding hydrogens is 521 g/mol. The number of hydrogen-bond donors (Lipinski definition) is 2. The van der Waals surface area contributed by atoms with Crippen LogP contribution in [0.1, 0.15) is 43.4 Å². The number of benzene rings is 1. The fourth-order valence-corrected chi connectivity index (χ4v) is 4.95. The van der Waals surface area contributed by atoms with E-state index >= 15 is 0 Å². The van der Waals surface area contributed by atoms with Gasteiger partial charge in [-0.15, -0.1) is 0 Å². The number of carbonyl (C=O) groups excluding carboxylic acids is 1. The van der Waals surface area contributed by atoms with Crippen molar-refractivity contribution in [3.05, 3.63) is 71.5 Å². The minimum atomic E-state index is -4.54. The summed E-state index contributed by atoms with van der Waals surface area (Å²) in [5.74, 6) is 0.274. The minimum Gasteiger partial charge on any atom is -0.477 e. The number of anilines is 1. The largest absolute Gasteiger partial charge is 0.477 e. The van der Waals surface area contributed by atoms with Crippen LogP contribution in [0, 0.1) is 11.3 Å². The van der Waals surface area contributed by atoms with E-state index in [-0.39, 0.29) is 17.5 Å². The molecule has 3 aromatic rings. The first-order chi connectivity index (χ1) is 19.1. The van der Waals surface area contributed by atoms with Gasteiger partial charge >= 0.3 is 6.18 Å². The van der Waals surface area contributed by atoms with Crippen molar-refractivity contribution in [2.24, 2.45) is 5.73 Å². The summed E-state index contributed by atoms with van der Waals surface area (Å²) in [6.45, 7) is 5.11. The first-order valence-electron chi connectivity index (χ1n) is 13.0. The van der Waals surface area contributed by atoms with Gasteiger partial charge in [-0.05, 0) is 68.7 Å². The number of amides is 1. The molecule has 2 aromatic heterocycles. The topological polar surface area (TPSA) is 117 Å². The molecule has 0 saturated carbocycles. The maximum Gasteiger partial charge on any atom is 0.416 e. The van der Waals surface area contributed by atoms with Gasteiger partial charge in [-0.1, -0.05) is 6.07 Å². The number of nitrogens with one attached hydrogen (secondary N) is 1. The zero-order valence-electron chi connectivity index (χ0n) is 22.3. The second-order valence-corrected chi connectivity index (χ2v) is 9.82. The zero-order chi connectivity index (χ0) is 28.9. The third-order valence-electron chi connectivity index (χ3n) is 7.07. The Labute approximate surface area is 231 Å². The lowest BCUT2D eigenvalue weighted by Gasteiger charge is -2.42. The van der Waals surface area contributed by atoms with Crippen LogP contribution in [0.4, 0.5) is 18.9 Å². The van der Waals surface area contributed by atoms with Crippen LogP contribution in [0.3, 0.4) is 0 Å². The molecule has 1 saturated heterocycles. The summed E-state index contributed by atoms with van der Waals surface area (Å²) in [6, 6.07) is 12.2. The first kappa shape index (κ1) is 28.8. The Kier molecular flexibility index (Phi) is 8.59. The lowest BCUT2D eigenvalue weighted by atomic mass is 9.72. The van der Waals surface area contributed by atoms with Crippen molar-refractivity contribution in [2.45, 2.75) is 44.3 Å². The maximum atomic E-state index is 13.6. The predicted octanol–water partition coefficient (Wildman–Crippen LogP) is 4.43. The van der Waals surface area contributed by atoms with Gasteiger partial charge in [-0.25, -0.2) is 4.98 Å². The molecule has 8 nitrogen and oxygen atoms in total. The van der Waals surface area contributed by atoms with Crippen LogP contribution in [-0.4, -0.2) is 48.2 Å². The number of ether oxygens (including phenoxy) is 1. The number of alkyl halides is 3. The molecule has 11 heteroatoms. The lowest BCUT2D eigenvalue weighted by molar-refractivity contribution is -0.137. The van der Waals surface area contributed by atoms with Gasteiger partial charge in [0.05, 0.1) is 40.1 Å². The first-order valence-corrected chi connectivity index (χ1v) is 13.0. The molecule has 1 fully saturated rings. The molecular formula is C29H31F3N6O2. The van der Waals surface area contributed by atoms with Crippen LogP contribution >= 0.6 is 0 Å². The summed E-state index contributed by atoms with van der Waals surface area (Å²) < 4.78 is 45.2. The van der Waals surface area contributed by atoms with Crippen molar-refractivity contribution in [2.75, 3.05) is 31.1 Å². The summed E-state index contributed by atoms with van der Waals surface area (Å²) in [6.07, 6.45) is -0.498. The zero-order valence-corrected chi connectivity index (χ0v) is 22.3. The minimum absolute atomic E-state index is 0.0590. The third-order valence-corrected chi connectivity index (χ3v) is 7.07. The number of piperidine rings is 1. The van der Waals surface area contributed by atoms with E-state index in [0.717, 1.165) is 17.7 Å². The highest BCUT2D eigenvalue weighted by Gasteiger charge is 2.43. The van der Waals surface area contributed by atoms with Crippen molar-refractivity contribution in [1.82, 2.24) is 15.3 Å². The van der Waals surface area contributed by atoms with E-state index in [9.17, 15) is 23.2 Å². The lowest BCUT2D eigenvalue weighted by Crippen LogP contribution is -2.53. The molecule has 0 bridgehead atoms. The molecule has 210 valence electrons. The van der Waals surface area contributed by atoms with E-state index < -0.39 is 17.2 Å². The van der Waals surface area contributed by atoms with Gasteiger partial charge in [0.15, 0.2) is 0 Å². The van der Waals surface area contributed by atoms with Crippen molar-refractivity contribution >= 4 is 11.6 Å². The van der Waals surface area contributed by atoms with Crippen LogP contribution in [0.15, 0.2) is 54.9 Å². The predicted molar refractivity (Wildman–Crippen MR) is 145 cm³/mol. The molecule has 3 heterocycles. The molecule has 1 aliphatic heterocycles. The molecule has 0 aliphatic carbocycles. The summed E-state index contributed by atoms with van der Waals surface area (Å²) in [5.41, 5.74) is 6.52. The normalized spacial score (nSPS) is 15.7.